The Bertz CT molecular complexity index is 845. The number of hydrogen-bond acceptors (Lipinski definition) is 0. The lowest BCUT2D eigenvalue weighted by Crippen LogP contribution is -2.13. The number of halogens is 3. The zero-order valence-electron chi connectivity index (χ0n) is 19.4. The van der Waals surface area contributed by atoms with E-state index in [2.05, 4.69) is 6.92 Å². The van der Waals surface area contributed by atoms with Crippen LogP contribution in [0.25, 0.3) is 17.2 Å². The van der Waals surface area contributed by atoms with Gasteiger partial charge < -0.3 is 0 Å². The lowest BCUT2D eigenvalue weighted by Gasteiger charge is -2.24. The van der Waals surface area contributed by atoms with E-state index in [1.165, 1.54) is 38.5 Å². The van der Waals surface area contributed by atoms with Gasteiger partial charge in [0.2, 0.25) is 0 Å². The molecule has 1 saturated carbocycles. The van der Waals surface area contributed by atoms with Gasteiger partial charge in [0.1, 0.15) is 6.17 Å². The summed E-state index contributed by atoms with van der Waals surface area (Å²) >= 11 is 0. The third-order valence-corrected chi connectivity index (χ3v) is 6.73. The van der Waals surface area contributed by atoms with Crippen molar-refractivity contribution in [3.8, 4) is 11.1 Å². The number of rotatable bonds is 11. The highest BCUT2D eigenvalue weighted by molar-refractivity contribution is 5.67. The molecule has 2 aromatic carbocycles. The van der Waals surface area contributed by atoms with Crippen LogP contribution in [0, 0.1) is 11.6 Å². The van der Waals surface area contributed by atoms with Crippen molar-refractivity contribution in [2.24, 2.45) is 0 Å². The molecular weight excluding hydrogens is 405 g/mol. The van der Waals surface area contributed by atoms with Crippen LogP contribution < -0.4 is 0 Å². The third kappa shape index (κ3) is 6.98. The van der Waals surface area contributed by atoms with E-state index < -0.39 is 17.8 Å². The Hall–Kier alpha value is -2.03. The molecule has 0 N–H and O–H groups in total. The molecule has 0 spiro atoms. The Labute approximate surface area is 191 Å². The normalized spacial score (nSPS) is 19.0. The summed E-state index contributed by atoms with van der Waals surface area (Å²) in [6.45, 7) is 2.22. The first-order valence-corrected chi connectivity index (χ1v) is 12.5. The Kier molecular flexibility index (Phi) is 9.89. The molecule has 1 aliphatic carbocycles. The Morgan fingerprint density at radius 1 is 0.781 bits per heavy atom. The van der Waals surface area contributed by atoms with Gasteiger partial charge in [-0.25, -0.2) is 13.2 Å². The lowest BCUT2D eigenvalue weighted by molar-refractivity contribution is 0.235. The van der Waals surface area contributed by atoms with Crippen molar-refractivity contribution in [2.45, 2.75) is 96.1 Å². The zero-order valence-corrected chi connectivity index (χ0v) is 19.4. The average Bonchev–Trinajstić information content (AvgIpc) is 2.81. The van der Waals surface area contributed by atoms with Crippen molar-refractivity contribution in [3.05, 3.63) is 65.2 Å². The van der Waals surface area contributed by atoms with E-state index in [4.69, 9.17) is 0 Å². The molecule has 0 unspecified atom stereocenters. The first kappa shape index (κ1) is 24.6. The fraction of sp³-hybridized carbons (Fsp3) is 0.517. The van der Waals surface area contributed by atoms with Crippen LogP contribution in [0.2, 0.25) is 0 Å². The maximum Gasteiger partial charge on any atom is 0.167 e. The minimum atomic E-state index is -0.797. The molecule has 174 valence electrons. The van der Waals surface area contributed by atoms with Crippen LogP contribution in [-0.4, -0.2) is 6.17 Å². The standard InChI is InChI=1S/C29H37F3/c1-2-3-4-5-6-7-8-9-10-11-25-18-21-27(29(32)28(25)31)24-14-12-22(13-15-24)23-16-19-26(30)20-17-23/h10-15,18,21,23,26H,2-9,16-17,19-20H2,1H3. The molecule has 0 saturated heterocycles. The Balaban J connectivity index is 1.55. The molecule has 0 nitrogen and oxygen atoms in total. The van der Waals surface area contributed by atoms with E-state index in [0.29, 0.717) is 29.9 Å². The second kappa shape index (κ2) is 12.9. The number of benzene rings is 2. The smallest absolute Gasteiger partial charge is 0.167 e. The van der Waals surface area contributed by atoms with Crippen molar-refractivity contribution in [2.75, 3.05) is 0 Å². The average molecular weight is 443 g/mol. The third-order valence-electron chi connectivity index (χ3n) is 6.73. The number of hydrogen-bond donors (Lipinski definition) is 0. The predicted octanol–water partition coefficient (Wildman–Crippen LogP) is 9.78. The molecule has 1 fully saturated rings. The van der Waals surface area contributed by atoms with Gasteiger partial charge in [0, 0.05) is 11.1 Å². The van der Waals surface area contributed by atoms with Crippen molar-refractivity contribution < 1.29 is 13.2 Å². The number of alkyl halides is 1. The summed E-state index contributed by atoms with van der Waals surface area (Å²) in [6, 6.07) is 11.0. The summed E-state index contributed by atoms with van der Waals surface area (Å²) in [5.41, 5.74) is 2.41. The molecule has 0 radical (unpaired) electrons. The van der Waals surface area contributed by atoms with Crippen LogP contribution >= 0.6 is 0 Å². The van der Waals surface area contributed by atoms with Crippen LogP contribution in [-0.2, 0) is 0 Å². The molecule has 32 heavy (non-hydrogen) atoms. The molecular formula is C29H37F3. The maximum atomic E-state index is 14.8. The van der Waals surface area contributed by atoms with Gasteiger partial charge in [-0.1, -0.05) is 94.0 Å². The highest BCUT2D eigenvalue weighted by atomic mass is 19.2. The van der Waals surface area contributed by atoms with Gasteiger partial charge in [-0.2, -0.15) is 0 Å². The fourth-order valence-corrected chi connectivity index (χ4v) is 4.67. The SMILES string of the molecule is CCCCCCCCCC=Cc1ccc(-c2ccc(C3CCC(F)CC3)cc2)c(F)c1F. The van der Waals surface area contributed by atoms with Gasteiger partial charge in [-0.05, 0) is 55.6 Å². The molecule has 3 rings (SSSR count). The molecule has 0 bridgehead atoms. The highest BCUT2D eigenvalue weighted by Crippen LogP contribution is 2.35. The lowest BCUT2D eigenvalue weighted by atomic mass is 9.83. The molecule has 0 aromatic heterocycles. The van der Waals surface area contributed by atoms with Gasteiger partial charge >= 0.3 is 0 Å². The fourth-order valence-electron chi connectivity index (χ4n) is 4.67. The van der Waals surface area contributed by atoms with Crippen molar-refractivity contribution in [1.82, 2.24) is 0 Å². The summed E-state index contributed by atoms with van der Waals surface area (Å²) in [6.07, 6.45) is 15.5. The van der Waals surface area contributed by atoms with Gasteiger partial charge in [0.15, 0.2) is 11.6 Å². The first-order chi connectivity index (χ1) is 15.6. The highest BCUT2D eigenvalue weighted by Gasteiger charge is 2.22. The van der Waals surface area contributed by atoms with E-state index in [1.54, 1.807) is 18.2 Å². The molecule has 2 aromatic rings. The minimum absolute atomic E-state index is 0.283. The van der Waals surface area contributed by atoms with Crippen molar-refractivity contribution in [1.29, 1.82) is 0 Å². The quantitative estimate of drug-likeness (QED) is 0.304. The molecule has 3 heteroatoms. The first-order valence-electron chi connectivity index (χ1n) is 12.5. The molecule has 0 aliphatic heterocycles. The Morgan fingerprint density at radius 3 is 2.12 bits per heavy atom. The summed E-state index contributed by atoms with van der Waals surface area (Å²) < 4.78 is 42.8. The van der Waals surface area contributed by atoms with Gasteiger partial charge in [0.25, 0.3) is 0 Å². The van der Waals surface area contributed by atoms with Crippen LogP contribution in [0.5, 0.6) is 0 Å². The molecule has 0 heterocycles. The summed E-state index contributed by atoms with van der Waals surface area (Å²) in [5, 5.41) is 0. The maximum absolute atomic E-state index is 14.8. The molecule has 0 amide bonds. The van der Waals surface area contributed by atoms with Crippen LogP contribution in [0.4, 0.5) is 13.2 Å². The summed E-state index contributed by atoms with van der Waals surface area (Å²) in [4.78, 5) is 0. The van der Waals surface area contributed by atoms with E-state index in [1.807, 2.05) is 30.3 Å². The summed E-state index contributed by atoms with van der Waals surface area (Å²) in [7, 11) is 0. The van der Waals surface area contributed by atoms with Crippen molar-refractivity contribution >= 4 is 6.08 Å². The topological polar surface area (TPSA) is 0 Å². The van der Waals surface area contributed by atoms with Gasteiger partial charge in [0.05, 0.1) is 0 Å². The van der Waals surface area contributed by atoms with Crippen LogP contribution in [0.15, 0.2) is 42.5 Å². The number of unbranched alkanes of at least 4 members (excludes halogenated alkanes) is 7. The minimum Gasteiger partial charge on any atom is -0.247 e. The van der Waals surface area contributed by atoms with E-state index in [-0.39, 0.29) is 5.56 Å². The van der Waals surface area contributed by atoms with Crippen LogP contribution in [0.3, 0.4) is 0 Å². The second-order valence-corrected chi connectivity index (χ2v) is 9.21. The van der Waals surface area contributed by atoms with E-state index >= 15 is 0 Å². The summed E-state index contributed by atoms with van der Waals surface area (Å²) in [5.74, 6) is -1.22. The Morgan fingerprint density at radius 2 is 1.44 bits per heavy atom. The predicted molar refractivity (Wildman–Crippen MR) is 130 cm³/mol. The number of allylic oxidation sites excluding steroid dienone is 1. The monoisotopic (exact) mass is 442 g/mol. The zero-order chi connectivity index (χ0) is 22.8. The van der Waals surface area contributed by atoms with Crippen molar-refractivity contribution in [3.63, 3.8) is 0 Å². The van der Waals surface area contributed by atoms with Gasteiger partial charge in [-0.3, -0.25) is 0 Å². The van der Waals surface area contributed by atoms with E-state index in [9.17, 15) is 13.2 Å². The largest absolute Gasteiger partial charge is 0.247 e. The second-order valence-electron chi connectivity index (χ2n) is 9.21. The van der Waals surface area contributed by atoms with Gasteiger partial charge in [-0.15, -0.1) is 0 Å². The molecule has 1 aliphatic rings. The van der Waals surface area contributed by atoms with Crippen LogP contribution in [0.1, 0.15) is 101 Å². The molecule has 0 atom stereocenters. The van der Waals surface area contributed by atoms with E-state index in [0.717, 1.165) is 31.2 Å².